The Morgan fingerprint density at radius 2 is 2.00 bits per heavy atom. The third-order valence-corrected chi connectivity index (χ3v) is 4.00. The van der Waals surface area contributed by atoms with E-state index < -0.39 is 42.1 Å². The zero-order chi connectivity index (χ0) is 16.5. The molecule has 2 aliphatic heterocycles. The van der Waals surface area contributed by atoms with Crippen LogP contribution >= 0.6 is 0 Å². The normalized spacial score (nSPS) is 22.1. The molecule has 22 heavy (non-hydrogen) atoms. The monoisotopic (exact) mass is 314 g/mol. The molecular weight excluding hydrogens is 296 g/mol. The lowest BCUT2D eigenvalue weighted by Crippen LogP contribution is -2.57. The Balaban J connectivity index is 2.33. The standard InChI is InChI=1S/C12H18N4O6/c1-22-8(17)6-7(13)15-9(18)12(2-4-14-5-3-12)16(10(15)19)11(20)21/h7,14H,2-6,13H2,1H3,(H,20,21). The highest BCUT2D eigenvalue weighted by Crippen LogP contribution is 2.36. The van der Waals surface area contributed by atoms with Gasteiger partial charge in [0.15, 0.2) is 0 Å². The molecule has 2 heterocycles. The van der Waals surface area contributed by atoms with E-state index in [-0.39, 0.29) is 12.8 Å². The number of hydrogen-bond acceptors (Lipinski definition) is 7. The molecule has 10 nitrogen and oxygen atoms in total. The minimum atomic E-state index is -1.51. The van der Waals surface area contributed by atoms with Gasteiger partial charge in [-0.2, -0.15) is 0 Å². The van der Waals surface area contributed by atoms with Gasteiger partial charge in [-0.05, 0) is 25.9 Å². The molecule has 0 saturated carbocycles. The number of imide groups is 2. The summed E-state index contributed by atoms with van der Waals surface area (Å²) in [6, 6.07) is -1.02. The molecule has 0 aromatic heterocycles. The second-order valence-electron chi connectivity index (χ2n) is 5.20. The van der Waals surface area contributed by atoms with Gasteiger partial charge in [0.05, 0.1) is 19.7 Å². The van der Waals surface area contributed by atoms with Gasteiger partial charge in [0.1, 0.15) is 5.54 Å². The van der Waals surface area contributed by atoms with Gasteiger partial charge < -0.3 is 20.9 Å². The number of ether oxygens (including phenoxy) is 1. The Kier molecular flexibility index (Phi) is 4.33. The molecule has 2 aliphatic rings. The number of hydrogen-bond donors (Lipinski definition) is 3. The maximum atomic E-state index is 12.7. The topological polar surface area (TPSA) is 142 Å². The van der Waals surface area contributed by atoms with Gasteiger partial charge in [-0.15, -0.1) is 0 Å². The molecule has 2 fully saturated rings. The summed E-state index contributed by atoms with van der Waals surface area (Å²) in [5.41, 5.74) is 4.29. The van der Waals surface area contributed by atoms with E-state index in [4.69, 9.17) is 5.73 Å². The van der Waals surface area contributed by atoms with Crippen molar-refractivity contribution in [3.63, 3.8) is 0 Å². The van der Waals surface area contributed by atoms with Gasteiger partial charge in [-0.1, -0.05) is 0 Å². The molecule has 10 heteroatoms. The third-order valence-electron chi connectivity index (χ3n) is 4.00. The summed E-state index contributed by atoms with van der Waals surface area (Å²) >= 11 is 0. The van der Waals surface area contributed by atoms with E-state index in [2.05, 4.69) is 10.1 Å². The summed E-state index contributed by atoms with van der Waals surface area (Å²) < 4.78 is 4.45. The van der Waals surface area contributed by atoms with Gasteiger partial charge in [0.25, 0.3) is 5.91 Å². The Labute approximate surface area is 126 Å². The van der Waals surface area contributed by atoms with Crippen molar-refractivity contribution in [1.82, 2.24) is 15.1 Å². The average molecular weight is 314 g/mol. The SMILES string of the molecule is COC(=O)CC(N)N1C(=O)N(C(=O)O)C2(CCNCC2)C1=O. The van der Waals surface area contributed by atoms with E-state index in [1.54, 1.807) is 0 Å². The highest BCUT2D eigenvalue weighted by Gasteiger charge is 2.61. The van der Waals surface area contributed by atoms with Crippen molar-refractivity contribution >= 4 is 24.0 Å². The molecule has 122 valence electrons. The largest absolute Gasteiger partial charge is 0.469 e. The number of esters is 1. The number of carboxylic acid groups (broad SMARTS) is 1. The van der Waals surface area contributed by atoms with Crippen LogP contribution in [0.15, 0.2) is 0 Å². The van der Waals surface area contributed by atoms with Crippen molar-refractivity contribution in [2.24, 2.45) is 5.73 Å². The first kappa shape index (κ1) is 16.2. The Morgan fingerprint density at radius 1 is 1.41 bits per heavy atom. The Morgan fingerprint density at radius 3 is 2.50 bits per heavy atom. The highest BCUT2D eigenvalue weighted by molar-refractivity contribution is 6.13. The number of nitrogens with two attached hydrogens (primary N) is 1. The molecule has 4 amide bonds. The van der Waals surface area contributed by atoms with Gasteiger partial charge in [0, 0.05) is 0 Å². The van der Waals surface area contributed by atoms with E-state index in [1.165, 1.54) is 0 Å². The van der Waals surface area contributed by atoms with Crippen LogP contribution in [0.1, 0.15) is 19.3 Å². The first-order valence-electron chi connectivity index (χ1n) is 6.79. The van der Waals surface area contributed by atoms with E-state index in [0.717, 1.165) is 7.11 Å². The van der Waals surface area contributed by atoms with Crippen LogP contribution in [-0.2, 0) is 14.3 Å². The number of nitrogens with one attached hydrogen (secondary N) is 1. The molecule has 2 saturated heterocycles. The van der Waals surface area contributed by atoms with Crippen LogP contribution < -0.4 is 11.1 Å². The quantitative estimate of drug-likeness (QED) is 0.440. The van der Waals surface area contributed by atoms with E-state index in [0.29, 0.717) is 22.9 Å². The molecule has 0 bridgehead atoms. The minimum Gasteiger partial charge on any atom is -0.469 e. The van der Waals surface area contributed by atoms with Gasteiger partial charge in [-0.3, -0.25) is 9.59 Å². The summed E-state index contributed by atoms with van der Waals surface area (Å²) in [4.78, 5) is 48.9. The zero-order valence-corrected chi connectivity index (χ0v) is 12.1. The van der Waals surface area contributed by atoms with E-state index >= 15 is 0 Å². The van der Waals surface area contributed by atoms with Crippen LogP contribution in [0.25, 0.3) is 0 Å². The molecule has 0 aromatic carbocycles. The van der Waals surface area contributed by atoms with Crippen molar-refractivity contribution < 1.29 is 29.0 Å². The molecule has 1 atom stereocenters. The summed E-state index contributed by atoms with van der Waals surface area (Å²) in [7, 11) is 1.15. The first-order valence-corrected chi connectivity index (χ1v) is 6.79. The van der Waals surface area contributed by atoms with Crippen LogP contribution in [0.2, 0.25) is 0 Å². The van der Waals surface area contributed by atoms with Crippen LogP contribution in [0.3, 0.4) is 0 Å². The number of amides is 4. The number of nitrogens with zero attached hydrogens (tertiary/aromatic N) is 2. The molecular formula is C12H18N4O6. The fourth-order valence-electron chi connectivity index (χ4n) is 2.88. The van der Waals surface area contributed by atoms with Gasteiger partial charge in [0.2, 0.25) is 0 Å². The number of carbonyl (C=O) groups excluding carboxylic acids is 3. The molecule has 0 radical (unpaired) electrons. The summed E-state index contributed by atoms with van der Waals surface area (Å²) in [5.74, 6) is -1.38. The molecule has 1 spiro atoms. The number of carbonyl (C=O) groups is 4. The summed E-state index contributed by atoms with van der Waals surface area (Å²) in [6.45, 7) is 0.811. The van der Waals surface area contributed by atoms with Crippen molar-refractivity contribution in [1.29, 1.82) is 0 Å². The highest BCUT2D eigenvalue weighted by atomic mass is 16.5. The average Bonchev–Trinajstić information content (AvgIpc) is 2.67. The lowest BCUT2D eigenvalue weighted by atomic mass is 9.87. The Hall–Kier alpha value is -2.20. The number of rotatable bonds is 3. The number of methoxy groups -OCH3 is 1. The fraction of sp³-hybridized carbons (Fsp3) is 0.667. The third kappa shape index (κ3) is 2.40. The number of piperidine rings is 1. The fourth-order valence-corrected chi connectivity index (χ4v) is 2.88. The van der Waals surface area contributed by atoms with E-state index in [1.807, 2.05) is 0 Å². The Bertz CT molecular complexity index is 516. The van der Waals surface area contributed by atoms with Crippen LogP contribution in [0, 0.1) is 0 Å². The molecule has 0 aromatic rings. The van der Waals surface area contributed by atoms with Gasteiger partial charge in [-0.25, -0.2) is 19.4 Å². The maximum Gasteiger partial charge on any atom is 0.416 e. The van der Waals surface area contributed by atoms with Crippen molar-refractivity contribution in [3.05, 3.63) is 0 Å². The number of urea groups is 1. The van der Waals surface area contributed by atoms with Crippen LogP contribution in [0.5, 0.6) is 0 Å². The van der Waals surface area contributed by atoms with Crippen molar-refractivity contribution in [2.45, 2.75) is 31.0 Å². The lowest BCUT2D eigenvalue weighted by Gasteiger charge is -2.35. The van der Waals surface area contributed by atoms with Crippen molar-refractivity contribution in [3.8, 4) is 0 Å². The maximum absolute atomic E-state index is 12.7. The van der Waals surface area contributed by atoms with Crippen LogP contribution in [-0.4, -0.2) is 70.8 Å². The summed E-state index contributed by atoms with van der Waals surface area (Å²) in [5, 5.41) is 12.3. The molecule has 1 unspecified atom stereocenters. The minimum absolute atomic E-state index is 0.172. The molecule has 4 N–H and O–H groups in total. The molecule has 2 rings (SSSR count). The predicted molar refractivity (Wildman–Crippen MR) is 71.5 cm³/mol. The first-order chi connectivity index (χ1) is 10.3. The second-order valence-corrected chi connectivity index (χ2v) is 5.20. The van der Waals surface area contributed by atoms with Crippen LogP contribution in [0.4, 0.5) is 9.59 Å². The lowest BCUT2D eigenvalue weighted by molar-refractivity contribution is -0.143. The van der Waals surface area contributed by atoms with Crippen molar-refractivity contribution in [2.75, 3.05) is 20.2 Å². The second kappa shape index (κ2) is 5.89. The molecule has 0 aliphatic carbocycles. The van der Waals surface area contributed by atoms with E-state index in [9.17, 15) is 24.3 Å². The smallest absolute Gasteiger partial charge is 0.416 e. The predicted octanol–water partition coefficient (Wildman–Crippen LogP) is -1.10. The van der Waals surface area contributed by atoms with Gasteiger partial charge >= 0.3 is 18.1 Å². The summed E-state index contributed by atoms with van der Waals surface area (Å²) in [6.07, 6.45) is -2.82. The zero-order valence-electron chi connectivity index (χ0n) is 12.1.